The molecule has 38 heavy (non-hydrogen) atoms. The van der Waals surface area contributed by atoms with E-state index in [1.54, 1.807) is 20.2 Å². The minimum atomic E-state index is -4.62. The second-order valence-corrected chi connectivity index (χ2v) is 9.20. The number of amidine groups is 1. The van der Waals surface area contributed by atoms with Crippen LogP contribution in [0.4, 0.5) is 18.9 Å². The lowest BCUT2D eigenvalue weighted by atomic mass is 10.0. The summed E-state index contributed by atoms with van der Waals surface area (Å²) < 4.78 is 40.8. The number of aliphatic imine (C=N–C) groups is 3. The summed E-state index contributed by atoms with van der Waals surface area (Å²) in [5.74, 6) is 1.43. The fourth-order valence-electron chi connectivity index (χ4n) is 3.07. The molecule has 0 fully saturated rings. The molecule has 1 heterocycles. The Hall–Kier alpha value is -2.90. The van der Waals surface area contributed by atoms with Crippen molar-refractivity contribution in [3.8, 4) is 0 Å². The average Bonchev–Trinajstić information content (AvgIpc) is 2.88. The number of hydrogen-bond donors (Lipinski definition) is 2. The van der Waals surface area contributed by atoms with E-state index in [1.165, 1.54) is 23.8 Å². The number of rotatable bonds is 7. The maximum atomic E-state index is 13.6. The van der Waals surface area contributed by atoms with Crippen LogP contribution in [0.3, 0.4) is 0 Å². The normalized spacial score (nSPS) is 14.9. The van der Waals surface area contributed by atoms with Gasteiger partial charge in [0.25, 0.3) is 0 Å². The second-order valence-electron chi connectivity index (χ2n) is 7.48. The van der Waals surface area contributed by atoms with E-state index < -0.39 is 17.8 Å². The summed E-state index contributed by atoms with van der Waals surface area (Å²) in [5, 5.41) is 7.61. The monoisotopic (exact) mass is 570 g/mol. The third-order valence-electron chi connectivity index (χ3n) is 4.81. The number of benzene rings is 1. The van der Waals surface area contributed by atoms with Crippen LogP contribution in [0, 0.1) is 0 Å². The van der Waals surface area contributed by atoms with Gasteiger partial charge in [0.05, 0.1) is 17.3 Å². The lowest BCUT2D eigenvalue weighted by molar-refractivity contribution is -0.137. The Morgan fingerprint density at radius 1 is 1.21 bits per heavy atom. The van der Waals surface area contributed by atoms with Crippen molar-refractivity contribution in [3.05, 3.63) is 70.9 Å². The van der Waals surface area contributed by atoms with Crippen molar-refractivity contribution in [1.82, 2.24) is 15.3 Å². The minimum Gasteiger partial charge on any atom is -0.375 e. The smallest absolute Gasteiger partial charge is 0.375 e. The van der Waals surface area contributed by atoms with E-state index in [2.05, 4.69) is 38.5 Å². The van der Waals surface area contributed by atoms with E-state index in [0.29, 0.717) is 14.6 Å². The standard InChI is InChI=1S/C22H26ClF3N5P.C3H7N.C2H6/c1-7-27-20-17(11-16(23)12-18(20)22(24,25)26)14(4)29-15(5)21(28-8-2)31(6)19-10-9-13(3)32-30-19;1-3-4-2;1-2/h7-12,15,29-30,32H,2,4H2,1,3,5-6H3;3H,1-2H3;1-2H3. The molecular formula is C27H39ClF3N6P. The molecule has 0 spiro atoms. The molecular weight excluding hydrogens is 532 g/mol. The predicted molar refractivity (Wildman–Crippen MR) is 162 cm³/mol. The van der Waals surface area contributed by atoms with Crippen molar-refractivity contribution in [2.45, 2.75) is 53.8 Å². The van der Waals surface area contributed by atoms with E-state index in [4.69, 9.17) is 11.6 Å². The van der Waals surface area contributed by atoms with Crippen LogP contribution >= 0.6 is 20.3 Å². The third-order valence-corrected chi connectivity index (χ3v) is 5.97. The van der Waals surface area contributed by atoms with Crippen molar-refractivity contribution >= 4 is 50.0 Å². The zero-order valence-corrected chi connectivity index (χ0v) is 25.1. The molecule has 1 aliphatic heterocycles. The van der Waals surface area contributed by atoms with Crippen molar-refractivity contribution in [2.75, 3.05) is 14.1 Å². The first-order valence-corrected chi connectivity index (χ1v) is 13.3. The summed E-state index contributed by atoms with van der Waals surface area (Å²) in [6, 6.07) is 1.85. The van der Waals surface area contributed by atoms with Gasteiger partial charge in [0.15, 0.2) is 0 Å². The Morgan fingerprint density at radius 3 is 2.26 bits per heavy atom. The van der Waals surface area contributed by atoms with Crippen LogP contribution in [-0.2, 0) is 6.18 Å². The molecule has 210 valence electrons. The number of nitrogens with zero attached hydrogens (tertiary/aromatic N) is 4. The molecule has 0 bridgehead atoms. The third kappa shape index (κ3) is 10.8. The summed E-state index contributed by atoms with van der Waals surface area (Å²) in [7, 11) is 4.04. The highest BCUT2D eigenvalue weighted by Gasteiger charge is 2.35. The number of nitrogens with one attached hydrogen (secondary N) is 2. The molecule has 6 nitrogen and oxygen atoms in total. The summed E-state index contributed by atoms with van der Waals surface area (Å²) >= 11 is 6.00. The zero-order chi connectivity index (χ0) is 29.5. The van der Waals surface area contributed by atoms with E-state index in [9.17, 15) is 13.2 Å². The van der Waals surface area contributed by atoms with E-state index >= 15 is 0 Å². The van der Waals surface area contributed by atoms with Crippen molar-refractivity contribution in [2.24, 2.45) is 15.0 Å². The molecule has 2 rings (SSSR count). The fourth-order valence-corrected chi connectivity index (χ4v) is 4.03. The van der Waals surface area contributed by atoms with Crippen LogP contribution in [0.1, 0.15) is 52.7 Å². The Labute approximate surface area is 232 Å². The Morgan fingerprint density at radius 2 is 1.82 bits per heavy atom. The number of halogens is 4. The highest BCUT2D eigenvalue weighted by molar-refractivity contribution is 7.41. The van der Waals surface area contributed by atoms with Crippen molar-refractivity contribution < 1.29 is 13.2 Å². The summed E-state index contributed by atoms with van der Waals surface area (Å²) in [6.45, 7) is 18.9. The largest absolute Gasteiger partial charge is 0.418 e. The number of likely N-dealkylation sites (N-methyl/N-ethyl adjacent to an activating group) is 1. The highest BCUT2D eigenvalue weighted by Crippen LogP contribution is 2.42. The molecule has 0 saturated carbocycles. The maximum absolute atomic E-state index is 13.6. The van der Waals surface area contributed by atoms with Gasteiger partial charge in [-0.25, -0.2) is 4.99 Å². The summed E-state index contributed by atoms with van der Waals surface area (Å²) in [5.41, 5.74) is -0.779. The molecule has 0 saturated heterocycles. The van der Waals surface area contributed by atoms with Gasteiger partial charge in [-0.15, -0.1) is 0 Å². The number of allylic oxidation sites excluding steroid dienone is 3. The van der Waals surface area contributed by atoms with E-state index in [1.807, 2.05) is 58.7 Å². The fraction of sp³-hybridized carbons (Fsp3) is 0.370. The average molecular weight is 571 g/mol. The van der Waals surface area contributed by atoms with Crippen LogP contribution in [-0.4, -0.2) is 43.3 Å². The quantitative estimate of drug-likeness (QED) is 0.197. The lowest BCUT2D eigenvalue weighted by Gasteiger charge is -2.31. The Balaban J connectivity index is 0.00000208. The van der Waals surface area contributed by atoms with Gasteiger partial charge in [-0.1, -0.05) is 44.7 Å². The first-order valence-electron chi connectivity index (χ1n) is 12.0. The Kier molecular flexibility index (Phi) is 16.2. The van der Waals surface area contributed by atoms with Gasteiger partial charge in [0, 0.05) is 51.5 Å². The SMILES string of the molecule is C=CN=C(C(C)NC(=C)c1cc(Cl)cc(C(F)(F)F)c1N=CC)N(C)C1=CC=C(C)PN1.CC.CC=NC. The zero-order valence-electron chi connectivity index (χ0n) is 23.3. The maximum Gasteiger partial charge on any atom is 0.418 e. The van der Waals surface area contributed by atoms with Crippen LogP contribution in [0.25, 0.3) is 5.70 Å². The van der Waals surface area contributed by atoms with Crippen molar-refractivity contribution in [1.29, 1.82) is 0 Å². The minimum absolute atomic E-state index is 0.0604. The Bertz CT molecular complexity index is 1090. The predicted octanol–water partition coefficient (Wildman–Crippen LogP) is 8.18. The topological polar surface area (TPSA) is 64.4 Å². The first-order chi connectivity index (χ1) is 17.9. The molecule has 1 aromatic carbocycles. The molecule has 0 amide bonds. The first kappa shape index (κ1) is 35.1. The molecule has 0 radical (unpaired) electrons. The van der Waals surface area contributed by atoms with Gasteiger partial charge in [-0.2, -0.15) is 13.2 Å². The number of alkyl halides is 3. The second kappa shape index (κ2) is 17.6. The van der Waals surface area contributed by atoms with Gasteiger partial charge in [0.2, 0.25) is 0 Å². The van der Waals surface area contributed by atoms with E-state index in [0.717, 1.165) is 11.9 Å². The molecule has 1 aromatic rings. The van der Waals surface area contributed by atoms with Gasteiger partial charge < -0.3 is 20.3 Å². The highest BCUT2D eigenvalue weighted by atomic mass is 35.5. The van der Waals surface area contributed by atoms with Gasteiger partial charge >= 0.3 is 6.18 Å². The number of hydrogen-bond acceptors (Lipinski definition) is 5. The van der Waals surface area contributed by atoms with Crippen molar-refractivity contribution in [3.63, 3.8) is 0 Å². The summed E-state index contributed by atoms with van der Waals surface area (Å²) in [6.07, 6.45) is 3.80. The summed E-state index contributed by atoms with van der Waals surface area (Å²) in [4.78, 5) is 13.8. The molecule has 0 aromatic heterocycles. The van der Waals surface area contributed by atoms with Crippen LogP contribution < -0.4 is 10.4 Å². The molecule has 0 aliphatic carbocycles. The molecule has 2 atom stereocenters. The van der Waals surface area contributed by atoms with Crippen LogP contribution in [0.15, 0.2) is 69.8 Å². The molecule has 11 heteroatoms. The van der Waals surface area contributed by atoms with Gasteiger partial charge in [-0.3, -0.25) is 4.99 Å². The molecule has 2 unspecified atom stereocenters. The van der Waals surface area contributed by atoms with E-state index in [-0.39, 0.29) is 22.0 Å². The lowest BCUT2D eigenvalue weighted by Crippen LogP contribution is -2.43. The van der Waals surface area contributed by atoms with Gasteiger partial charge in [0.1, 0.15) is 11.7 Å². The van der Waals surface area contributed by atoms with Crippen LogP contribution in [0.5, 0.6) is 0 Å². The van der Waals surface area contributed by atoms with Crippen LogP contribution in [0.2, 0.25) is 5.02 Å². The van der Waals surface area contributed by atoms with Gasteiger partial charge in [-0.05, 0) is 57.4 Å². The molecule has 2 N–H and O–H groups in total. The molecule has 1 aliphatic rings.